The minimum atomic E-state index is -2.87. The van der Waals surface area contributed by atoms with Crippen molar-refractivity contribution in [2.24, 2.45) is 0 Å². The van der Waals surface area contributed by atoms with Gasteiger partial charge in [0.25, 0.3) is 0 Å². The quantitative estimate of drug-likeness (QED) is 0.195. The van der Waals surface area contributed by atoms with E-state index in [4.69, 9.17) is 39.5 Å². The van der Waals surface area contributed by atoms with Gasteiger partial charge in [-0.3, -0.25) is 0 Å². The van der Waals surface area contributed by atoms with Gasteiger partial charge in [-0.25, -0.2) is 0 Å². The third kappa shape index (κ3) is 8.26. The lowest BCUT2D eigenvalue weighted by Gasteiger charge is -2.43. The fourth-order valence-corrected chi connectivity index (χ4v) is 23.4. The molecule has 0 aromatic rings. The topological polar surface area (TPSA) is 83.1 Å². The fourth-order valence-electron chi connectivity index (χ4n) is 3.66. The Morgan fingerprint density at radius 3 is 1.09 bits per heavy atom. The highest BCUT2D eigenvalue weighted by Crippen LogP contribution is 2.37. The van der Waals surface area contributed by atoms with Gasteiger partial charge in [0, 0.05) is 53.0 Å². The van der Waals surface area contributed by atoms with Crippen molar-refractivity contribution in [1.29, 1.82) is 0 Å². The molecule has 0 amide bonds. The molecule has 0 heterocycles. The van der Waals surface area contributed by atoms with Gasteiger partial charge in [-0.2, -0.15) is 0 Å². The Morgan fingerprint density at radius 1 is 0.594 bits per heavy atom. The maximum Gasteiger partial charge on any atom is 0.502 e. The van der Waals surface area contributed by atoms with Gasteiger partial charge in [0.05, 0.1) is 0 Å². The zero-order chi connectivity index (χ0) is 25.4. The average molecular weight is 565 g/mol. The molecule has 0 bridgehead atoms. The molecule has 32 heavy (non-hydrogen) atoms. The molecule has 0 saturated carbocycles. The van der Waals surface area contributed by atoms with E-state index in [1.165, 1.54) is 0 Å². The SMILES string of the molecule is CO[Si](OC)(OC)C(C)[Si](C)(C)OC(O[Si](C)(C)C(C)[Si](OC)(OC)OC)[SiH2]O[SiH](C)C. The lowest BCUT2D eigenvalue weighted by Crippen LogP contribution is -2.60. The van der Waals surface area contributed by atoms with Crippen LogP contribution in [0.2, 0.25) is 49.6 Å². The molecule has 0 spiro atoms. The molecule has 0 fully saturated rings. The molecule has 0 aliphatic rings. The van der Waals surface area contributed by atoms with Crippen LogP contribution in [0.1, 0.15) is 13.8 Å². The zero-order valence-electron chi connectivity index (χ0n) is 22.7. The van der Waals surface area contributed by atoms with Crippen LogP contribution >= 0.6 is 0 Å². The van der Waals surface area contributed by atoms with Crippen molar-refractivity contribution in [1.82, 2.24) is 0 Å². The van der Waals surface area contributed by atoms with Gasteiger partial charge < -0.3 is 39.5 Å². The van der Waals surface area contributed by atoms with Crippen LogP contribution in [0.15, 0.2) is 0 Å². The molecule has 0 aliphatic heterocycles. The van der Waals surface area contributed by atoms with E-state index in [9.17, 15) is 0 Å². The normalized spacial score (nSPS) is 17.3. The smallest absolute Gasteiger partial charge is 0.459 e. The summed E-state index contributed by atoms with van der Waals surface area (Å²) in [6.07, 6.45) is 0. The second-order valence-corrected chi connectivity index (χ2v) is 29.9. The lowest BCUT2D eigenvalue weighted by molar-refractivity contribution is 0.0426. The van der Waals surface area contributed by atoms with Gasteiger partial charge in [0.15, 0.2) is 25.7 Å². The molecule has 2 unspecified atom stereocenters. The first-order valence-corrected chi connectivity index (χ1v) is 24.7. The van der Waals surface area contributed by atoms with Gasteiger partial charge in [-0.15, -0.1) is 0 Å². The minimum Gasteiger partial charge on any atom is -0.459 e. The molecular weight excluding hydrogens is 517 g/mol. The summed E-state index contributed by atoms with van der Waals surface area (Å²) in [5.41, 5.74) is 0. The van der Waals surface area contributed by atoms with E-state index >= 15 is 0 Å². The lowest BCUT2D eigenvalue weighted by atomic mass is 10.9. The first kappa shape index (κ1) is 32.9. The van der Waals surface area contributed by atoms with Crippen molar-refractivity contribution < 1.29 is 39.5 Å². The van der Waals surface area contributed by atoms with Crippen molar-refractivity contribution in [2.75, 3.05) is 42.7 Å². The van der Waals surface area contributed by atoms with E-state index in [0.29, 0.717) is 0 Å². The summed E-state index contributed by atoms with van der Waals surface area (Å²) >= 11 is 0. The highest BCUT2D eigenvalue weighted by atomic mass is 28.4. The molecule has 0 aromatic heterocycles. The van der Waals surface area contributed by atoms with Gasteiger partial charge in [-0.1, -0.05) is 13.8 Å². The molecule has 0 N–H and O–H groups in total. The summed E-state index contributed by atoms with van der Waals surface area (Å²) < 4.78 is 54.2. The van der Waals surface area contributed by atoms with Crippen LogP contribution in [-0.4, -0.2) is 102 Å². The molecule has 15 heteroatoms. The summed E-state index contributed by atoms with van der Waals surface area (Å²) in [6, 6.07) is 0. The van der Waals surface area contributed by atoms with Crippen LogP contribution in [0.3, 0.4) is 0 Å². The third-order valence-corrected chi connectivity index (χ3v) is 28.7. The predicted octanol–water partition coefficient (Wildman–Crippen LogP) is 2.41. The monoisotopic (exact) mass is 564 g/mol. The summed E-state index contributed by atoms with van der Waals surface area (Å²) in [7, 11) is -2.98. The Morgan fingerprint density at radius 2 is 0.875 bits per heavy atom. The second kappa shape index (κ2) is 13.9. The molecule has 0 saturated heterocycles. The molecule has 0 aliphatic carbocycles. The first-order chi connectivity index (χ1) is 14.7. The Hall–Kier alpha value is 0.941. The molecule has 2 atom stereocenters. The maximum absolute atomic E-state index is 6.76. The fraction of sp³-hybridized carbons (Fsp3) is 1.00. The van der Waals surface area contributed by atoms with E-state index < -0.39 is 53.0 Å². The third-order valence-electron chi connectivity index (χ3n) is 6.29. The van der Waals surface area contributed by atoms with Crippen LogP contribution in [0.4, 0.5) is 0 Å². The summed E-state index contributed by atoms with van der Waals surface area (Å²) in [5, 5.41) is -0.00187. The van der Waals surface area contributed by atoms with Crippen LogP contribution < -0.4 is 0 Å². The average Bonchev–Trinajstić information content (AvgIpc) is 2.74. The van der Waals surface area contributed by atoms with Crippen molar-refractivity contribution >= 4 is 53.0 Å². The Kier molecular flexibility index (Phi) is 14.3. The molecule has 0 rings (SSSR count). The second-order valence-electron chi connectivity index (χ2n) is 9.13. The van der Waals surface area contributed by atoms with Gasteiger partial charge in [-0.05, 0) is 39.3 Å². The Bertz CT molecular complexity index is 476. The zero-order valence-corrected chi connectivity index (χ0v) is 29.3. The van der Waals surface area contributed by atoms with Crippen LogP contribution in [0, 0.1) is 0 Å². The highest BCUT2D eigenvalue weighted by molar-refractivity contribution is 6.89. The minimum absolute atomic E-state index is 0.000937. The molecule has 0 radical (unpaired) electrons. The van der Waals surface area contributed by atoms with Crippen molar-refractivity contribution in [3.05, 3.63) is 0 Å². The van der Waals surface area contributed by atoms with Crippen molar-refractivity contribution in [3.8, 4) is 0 Å². The first-order valence-electron chi connectivity index (χ1n) is 11.0. The highest BCUT2D eigenvalue weighted by Gasteiger charge is 2.57. The number of hydrogen-bond donors (Lipinski definition) is 0. The van der Waals surface area contributed by atoms with Gasteiger partial charge in [0.1, 0.15) is 5.91 Å². The van der Waals surface area contributed by atoms with Crippen LogP contribution in [-0.2, 0) is 39.5 Å². The van der Waals surface area contributed by atoms with Gasteiger partial charge in [0.2, 0.25) is 9.76 Å². The van der Waals surface area contributed by atoms with Crippen molar-refractivity contribution in [2.45, 2.75) is 69.4 Å². The summed E-state index contributed by atoms with van der Waals surface area (Å²) in [6.45, 7) is 17.1. The largest absolute Gasteiger partial charge is 0.502 e. The standard InChI is InChI=1S/C17H48O9Si6/c1-15(31(18-3,19-4)20-5)29(11,12)24-17(27-26-28(9)10)25-30(13,14)16(2)32(21-6,22-7)23-8/h15-17,28H,27H2,1-14H3. The molecule has 194 valence electrons. The molecular formula is C17H48O9Si6. The van der Waals surface area contributed by atoms with E-state index in [-0.39, 0.29) is 16.2 Å². The number of hydrogen-bond acceptors (Lipinski definition) is 9. The summed E-state index contributed by atoms with van der Waals surface area (Å²) in [5.74, 6) is -0.382. The van der Waals surface area contributed by atoms with E-state index in [1.54, 1.807) is 42.7 Å². The van der Waals surface area contributed by atoms with Crippen LogP contribution in [0.25, 0.3) is 0 Å². The summed E-state index contributed by atoms with van der Waals surface area (Å²) in [4.78, 5) is 0. The molecule has 0 aromatic carbocycles. The predicted molar refractivity (Wildman–Crippen MR) is 142 cm³/mol. The van der Waals surface area contributed by atoms with E-state index in [2.05, 4.69) is 53.1 Å². The molecule has 9 nitrogen and oxygen atoms in total. The van der Waals surface area contributed by atoms with E-state index in [0.717, 1.165) is 0 Å². The van der Waals surface area contributed by atoms with Crippen molar-refractivity contribution in [3.63, 3.8) is 0 Å². The number of rotatable bonds is 17. The van der Waals surface area contributed by atoms with E-state index in [1.807, 2.05) is 0 Å². The Balaban J connectivity index is 5.88. The van der Waals surface area contributed by atoms with Gasteiger partial charge >= 0.3 is 17.6 Å². The van der Waals surface area contributed by atoms with Crippen LogP contribution in [0.5, 0.6) is 0 Å². The Labute approximate surface area is 204 Å². The maximum atomic E-state index is 6.76.